The van der Waals surface area contributed by atoms with Gasteiger partial charge in [0.15, 0.2) is 0 Å². The molecule has 1 rings (SSSR count). The third kappa shape index (κ3) is 3.22. The Balaban J connectivity index is 3.05. The molecule has 0 N–H and O–H groups in total. The number of aliphatic imine (C=N–C) groups is 1. The van der Waals surface area contributed by atoms with Crippen LogP contribution in [0.1, 0.15) is 30.9 Å². The average molecular weight is 205 g/mol. The molecule has 0 aliphatic carbocycles. The van der Waals surface area contributed by atoms with Gasteiger partial charge in [-0.3, -0.25) is 0 Å². The molecule has 1 aromatic rings. The summed E-state index contributed by atoms with van der Waals surface area (Å²) in [7, 11) is 1.63. The van der Waals surface area contributed by atoms with Crippen molar-refractivity contribution >= 4 is 6.08 Å². The highest BCUT2D eigenvalue weighted by atomic mass is 16.5. The third-order valence-electron chi connectivity index (χ3n) is 2.22. The summed E-state index contributed by atoms with van der Waals surface area (Å²) in [5, 5.41) is 0. The lowest BCUT2D eigenvalue weighted by Gasteiger charge is -2.10. The zero-order valence-electron chi connectivity index (χ0n) is 9.28. The molecule has 0 radical (unpaired) electrons. The molecule has 15 heavy (non-hydrogen) atoms. The molecule has 0 aromatic heterocycles. The molecule has 1 aromatic carbocycles. The van der Waals surface area contributed by atoms with E-state index >= 15 is 0 Å². The molecule has 3 nitrogen and oxygen atoms in total. The molecule has 0 atom stereocenters. The van der Waals surface area contributed by atoms with E-state index in [0.717, 1.165) is 11.3 Å². The Kier molecular flexibility index (Phi) is 4.07. The highest BCUT2D eigenvalue weighted by Crippen LogP contribution is 2.23. The molecular formula is C12H15NO2. The Morgan fingerprint density at radius 3 is 2.67 bits per heavy atom. The van der Waals surface area contributed by atoms with Crippen molar-refractivity contribution in [2.24, 2.45) is 4.99 Å². The van der Waals surface area contributed by atoms with Gasteiger partial charge in [0.25, 0.3) is 0 Å². The van der Waals surface area contributed by atoms with Crippen LogP contribution in [0.5, 0.6) is 5.75 Å². The van der Waals surface area contributed by atoms with Crippen LogP contribution >= 0.6 is 0 Å². The standard InChI is InChI=1S/C12H15NO2/c1-9(2)11-4-10(7-13-8-14)5-12(6-11)15-3/h4-6,9H,7H2,1-3H3. The highest BCUT2D eigenvalue weighted by molar-refractivity contribution is 5.38. The van der Waals surface area contributed by atoms with Gasteiger partial charge in [-0.15, -0.1) is 0 Å². The van der Waals surface area contributed by atoms with E-state index in [1.807, 2.05) is 18.2 Å². The van der Waals surface area contributed by atoms with E-state index in [-0.39, 0.29) is 0 Å². The van der Waals surface area contributed by atoms with Crippen molar-refractivity contribution < 1.29 is 9.53 Å². The van der Waals surface area contributed by atoms with Gasteiger partial charge in [0.1, 0.15) is 5.75 Å². The second-order valence-electron chi connectivity index (χ2n) is 3.68. The molecule has 0 heterocycles. The summed E-state index contributed by atoms with van der Waals surface area (Å²) in [4.78, 5) is 13.6. The van der Waals surface area contributed by atoms with Gasteiger partial charge in [-0.05, 0) is 29.2 Å². The van der Waals surface area contributed by atoms with Crippen LogP contribution in [-0.4, -0.2) is 13.2 Å². The Labute approximate surface area is 89.8 Å². The molecule has 0 spiro atoms. The van der Waals surface area contributed by atoms with E-state index in [4.69, 9.17) is 4.74 Å². The molecule has 0 bridgehead atoms. The normalized spacial score (nSPS) is 9.87. The van der Waals surface area contributed by atoms with Crippen molar-refractivity contribution in [3.05, 3.63) is 29.3 Å². The lowest BCUT2D eigenvalue weighted by molar-refractivity contribution is 0.413. The lowest BCUT2D eigenvalue weighted by Crippen LogP contribution is -1.93. The van der Waals surface area contributed by atoms with Crippen LogP contribution in [0.3, 0.4) is 0 Å². The van der Waals surface area contributed by atoms with Gasteiger partial charge >= 0.3 is 0 Å². The number of methoxy groups -OCH3 is 1. The smallest absolute Gasteiger partial charge is 0.235 e. The van der Waals surface area contributed by atoms with Gasteiger partial charge in [-0.25, -0.2) is 9.79 Å². The summed E-state index contributed by atoms with van der Waals surface area (Å²) >= 11 is 0. The number of ether oxygens (including phenoxy) is 1. The molecule has 0 aliphatic heterocycles. The highest BCUT2D eigenvalue weighted by Gasteiger charge is 2.04. The number of nitrogens with zero attached hydrogens (tertiary/aromatic N) is 1. The summed E-state index contributed by atoms with van der Waals surface area (Å²) < 4.78 is 5.19. The average Bonchev–Trinajstić information content (AvgIpc) is 2.25. The van der Waals surface area contributed by atoms with Crippen LogP contribution in [0, 0.1) is 0 Å². The van der Waals surface area contributed by atoms with Crippen molar-refractivity contribution in [2.75, 3.05) is 7.11 Å². The quantitative estimate of drug-likeness (QED) is 0.560. The Hall–Kier alpha value is -1.60. The van der Waals surface area contributed by atoms with E-state index in [9.17, 15) is 4.79 Å². The van der Waals surface area contributed by atoms with Gasteiger partial charge in [0, 0.05) is 0 Å². The van der Waals surface area contributed by atoms with Crippen molar-refractivity contribution in [3.8, 4) is 5.75 Å². The fourth-order valence-corrected chi connectivity index (χ4v) is 1.35. The summed E-state index contributed by atoms with van der Waals surface area (Å²) in [6.45, 7) is 4.59. The second-order valence-corrected chi connectivity index (χ2v) is 3.68. The van der Waals surface area contributed by atoms with Gasteiger partial charge in [0.2, 0.25) is 6.08 Å². The van der Waals surface area contributed by atoms with Gasteiger partial charge in [-0.2, -0.15) is 0 Å². The molecular weight excluding hydrogens is 190 g/mol. The van der Waals surface area contributed by atoms with Gasteiger partial charge in [0.05, 0.1) is 13.7 Å². The molecule has 0 saturated carbocycles. The van der Waals surface area contributed by atoms with E-state index in [2.05, 4.69) is 18.8 Å². The number of hydrogen-bond donors (Lipinski definition) is 0. The third-order valence-corrected chi connectivity index (χ3v) is 2.22. The van der Waals surface area contributed by atoms with Crippen LogP contribution in [-0.2, 0) is 11.3 Å². The molecule has 0 aliphatic rings. The minimum absolute atomic E-state index is 0.362. The second kappa shape index (κ2) is 5.32. The molecule has 0 fully saturated rings. The van der Waals surface area contributed by atoms with Crippen molar-refractivity contribution in [2.45, 2.75) is 26.3 Å². The van der Waals surface area contributed by atoms with Crippen LogP contribution in [0.15, 0.2) is 23.2 Å². The van der Waals surface area contributed by atoms with Gasteiger partial charge in [-0.1, -0.05) is 19.9 Å². The molecule has 3 heteroatoms. The van der Waals surface area contributed by atoms with Crippen LogP contribution < -0.4 is 4.74 Å². The number of carbonyl (C=O) groups excluding carboxylic acids is 1. The maximum Gasteiger partial charge on any atom is 0.235 e. The molecule has 0 unspecified atom stereocenters. The van der Waals surface area contributed by atoms with E-state index in [0.29, 0.717) is 12.5 Å². The summed E-state index contributed by atoms with van der Waals surface area (Å²) in [6.07, 6.45) is 1.54. The summed E-state index contributed by atoms with van der Waals surface area (Å²) in [6, 6.07) is 5.92. The van der Waals surface area contributed by atoms with Crippen LogP contribution in [0.2, 0.25) is 0 Å². The topological polar surface area (TPSA) is 38.7 Å². The van der Waals surface area contributed by atoms with Crippen LogP contribution in [0.25, 0.3) is 0 Å². The fourth-order valence-electron chi connectivity index (χ4n) is 1.35. The summed E-state index contributed by atoms with van der Waals surface area (Å²) in [5.74, 6) is 1.23. The van der Waals surface area contributed by atoms with E-state index < -0.39 is 0 Å². The lowest BCUT2D eigenvalue weighted by atomic mass is 10.0. The zero-order valence-corrected chi connectivity index (χ0v) is 9.28. The van der Waals surface area contributed by atoms with Crippen molar-refractivity contribution in [1.82, 2.24) is 0 Å². The maximum absolute atomic E-state index is 10.0. The van der Waals surface area contributed by atoms with Crippen LogP contribution in [0.4, 0.5) is 0 Å². The molecule has 0 saturated heterocycles. The first-order chi connectivity index (χ1) is 7.17. The molecule has 80 valence electrons. The first-order valence-corrected chi connectivity index (χ1v) is 4.89. The monoisotopic (exact) mass is 205 g/mol. The predicted octanol–water partition coefficient (Wildman–Crippen LogP) is 2.65. The fraction of sp³-hybridized carbons (Fsp3) is 0.417. The first-order valence-electron chi connectivity index (χ1n) is 4.89. The minimum atomic E-state index is 0.362. The minimum Gasteiger partial charge on any atom is -0.497 e. The van der Waals surface area contributed by atoms with Crippen molar-refractivity contribution in [1.29, 1.82) is 0 Å². The summed E-state index contributed by atoms with van der Waals surface area (Å²) in [5.41, 5.74) is 2.16. The first kappa shape index (κ1) is 11.5. The van der Waals surface area contributed by atoms with Crippen molar-refractivity contribution in [3.63, 3.8) is 0 Å². The maximum atomic E-state index is 10.0. The van der Waals surface area contributed by atoms with Gasteiger partial charge < -0.3 is 4.74 Å². The Bertz CT molecular complexity index is 379. The van der Waals surface area contributed by atoms with E-state index in [1.54, 1.807) is 7.11 Å². The number of isocyanates is 1. The Morgan fingerprint density at radius 2 is 2.13 bits per heavy atom. The number of hydrogen-bond acceptors (Lipinski definition) is 3. The predicted molar refractivity (Wildman–Crippen MR) is 58.9 cm³/mol. The SMILES string of the molecule is COc1cc(CN=C=O)cc(C(C)C)c1. The van der Waals surface area contributed by atoms with E-state index in [1.165, 1.54) is 11.6 Å². The number of rotatable bonds is 4. The number of benzene rings is 1. The largest absolute Gasteiger partial charge is 0.497 e. The Morgan fingerprint density at radius 1 is 1.40 bits per heavy atom. The zero-order chi connectivity index (χ0) is 11.3. The molecule has 0 amide bonds.